The topological polar surface area (TPSA) is 101 Å². The first-order valence-electron chi connectivity index (χ1n) is 5.74. The Morgan fingerprint density at radius 3 is 2.32 bits per heavy atom. The van der Waals surface area contributed by atoms with Gasteiger partial charge in [0.1, 0.15) is 29.5 Å². The number of nitrogens with zero attached hydrogens (tertiary/aromatic N) is 5. The number of rotatable bonds is 0. The zero-order valence-electron chi connectivity index (χ0n) is 10.8. The number of pyridine rings is 2. The summed E-state index contributed by atoms with van der Waals surface area (Å²) in [7, 11) is 0. The molecule has 0 fully saturated rings. The van der Waals surface area contributed by atoms with E-state index in [-0.39, 0.29) is 11.5 Å². The molecule has 110 valence electrons. The third-order valence-electron chi connectivity index (χ3n) is 2.38. The number of hydrogen-bond acceptors (Lipinski definition) is 6. The molecule has 9 heteroatoms. The molecule has 0 saturated heterocycles. The number of nitrogens with two attached hydrogens (primary N) is 1. The van der Waals surface area contributed by atoms with Crippen molar-refractivity contribution < 1.29 is 13.2 Å². The second kappa shape index (κ2) is 6.45. The molecule has 0 aromatic carbocycles. The van der Waals surface area contributed by atoms with Crippen LogP contribution in [-0.2, 0) is 0 Å². The van der Waals surface area contributed by atoms with Crippen molar-refractivity contribution in [3.63, 3.8) is 0 Å². The van der Waals surface area contributed by atoms with Crippen LogP contribution in [0.2, 0.25) is 0 Å². The Balaban J connectivity index is 0.000000164. The molecule has 0 bridgehead atoms. The third-order valence-corrected chi connectivity index (χ3v) is 2.38. The van der Waals surface area contributed by atoms with Crippen molar-refractivity contribution in [2.75, 3.05) is 5.73 Å². The van der Waals surface area contributed by atoms with Crippen LogP contribution >= 0.6 is 0 Å². The summed E-state index contributed by atoms with van der Waals surface area (Å²) in [6.07, 6.45) is 3.16. The van der Waals surface area contributed by atoms with Gasteiger partial charge in [0.15, 0.2) is 17.3 Å². The van der Waals surface area contributed by atoms with Gasteiger partial charge in [-0.25, -0.2) is 33.1 Å². The van der Waals surface area contributed by atoms with Crippen LogP contribution in [0.4, 0.5) is 19.0 Å². The van der Waals surface area contributed by atoms with Gasteiger partial charge in [0.2, 0.25) is 0 Å². The summed E-state index contributed by atoms with van der Waals surface area (Å²) >= 11 is 0. The van der Waals surface area contributed by atoms with Crippen molar-refractivity contribution in [2.24, 2.45) is 0 Å². The van der Waals surface area contributed by atoms with Gasteiger partial charge in [-0.3, -0.25) is 0 Å². The number of hydrogen-bond donors (Lipinski definition) is 1. The Morgan fingerprint density at radius 2 is 1.64 bits per heavy atom. The van der Waals surface area contributed by atoms with Crippen LogP contribution in [-0.4, -0.2) is 19.9 Å². The first-order valence-corrected chi connectivity index (χ1v) is 5.74. The number of nitriles is 1. The van der Waals surface area contributed by atoms with Crippen molar-refractivity contribution in [1.82, 2.24) is 19.9 Å². The van der Waals surface area contributed by atoms with Crippen LogP contribution in [0.5, 0.6) is 0 Å². The molecule has 0 amide bonds. The first kappa shape index (κ1) is 15.1. The molecule has 6 nitrogen and oxygen atoms in total. The second-order valence-electron chi connectivity index (χ2n) is 3.88. The Bertz CT molecular complexity index is 862. The van der Waals surface area contributed by atoms with E-state index in [0.717, 1.165) is 12.4 Å². The number of anilines is 1. The Morgan fingerprint density at radius 1 is 0.955 bits per heavy atom. The van der Waals surface area contributed by atoms with Gasteiger partial charge in [-0.1, -0.05) is 0 Å². The molecule has 0 radical (unpaired) electrons. The SMILES string of the molecule is N#Cc1ncc(F)cc1F.Nc1ncnc2cc(F)cnc12. The standard InChI is InChI=1S/C7H5FN4.C6H2F2N2/c8-4-1-5-6(10-2-4)7(9)12-3-11-5;7-4-1-5(8)6(2-9)10-3-4/h1-3H,(H2,9,11,12);1,3H. The molecule has 0 aliphatic rings. The highest BCUT2D eigenvalue weighted by Gasteiger charge is 2.02. The molecule has 3 rings (SSSR count). The van der Waals surface area contributed by atoms with Gasteiger partial charge in [-0.15, -0.1) is 0 Å². The molecule has 0 saturated carbocycles. The van der Waals surface area contributed by atoms with Crippen molar-refractivity contribution >= 4 is 16.9 Å². The maximum Gasteiger partial charge on any atom is 0.176 e. The summed E-state index contributed by atoms with van der Waals surface area (Å²) in [5, 5.41) is 8.13. The lowest BCUT2D eigenvalue weighted by Gasteiger charge is -1.97. The summed E-state index contributed by atoms with van der Waals surface area (Å²) < 4.78 is 37.0. The van der Waals surface area contributed by atoms with E-state index in [9.17, 15) is 13.2 Å². The summed E-state index contributed by atoms with van der Waals surface area (Å²) in [6, 6.07) is 3.35. The van der Waals surface area contributed by atoms with Crippen LogP contribution in [0.3, 0.4) is 0 Å². The minimum atomic E-state index is -0.928. The Kier molecular flexibility index (Phi) is 4.43. The highest BCUT2D eigenvalue weighted by atomic mass is 19.1. The lowest BCUT2D eigenvalue weighted by molar-refractivity contribution is 0.570. The van der Waals surface area contributed by atoms with Crippen LogP contribution in [0.25, 0.3) is 11.0 Å². The van der Waals surface area contributed by atoms with E-state index in [4.69, 9.17) is 11.0 Å². The van der Waals surface area contributed by atoms with Gasteiger partial charge < -0.3 is 5.73 Å². The number of nitrogen functional groups attached to an aromatic ring is 1. The third kappa shape index (κ3) is 3.43. The van der Waals surface area contributed by atoms with Crippen molar-refractivity contribution in [3.8, 4) is 6.07 Å². The summed E-state index contributed by atoms with van der Waals surface area (Å²) in [4.78, 5) is 14.5. The average molecular weight is 304 g/mol. The minimum absolute atomic E-state index is 0.264. The summed E-state index contributed by atoms with van der Waals surface area (Å²) in [6.45, 7) is 0. The molecule has 2 N–H and O–H groups in total. The highest BCUT2D eigenvalue weighted by Crippen LogP contribution is 2.13. The molecule has 3 heterocycles. The van der Waals surface area contributed by atoms with Gasteiger partial charge >= 0.3 is 0 Å². The predicted octanol–water partition coefficient (Wildman–Crippen LogP) is 1.98. The predicted molar refractivity (Wildman–Crippen MR) is 70.6 cm³/mol. The molecular weight excluding hydrogens is 297 g/mol. The van der Waals surface area contributed by atoms with Gasteiger partial charge in [-0.2, -0.15) is 5.26 Å². The highest BCUT2D eigenvalue weighted by molar-refractivity contribution is 5.83. The summed E-state index contributed by atoms with van der Waals surface area (Å²) in [5.74, 6) is -1.88. The molecule has 3 aromatic rings. The molecule has 0 spiro atoms. The quantitative estimate of drug-likeness (QED) is 0.681. The van der Waals surface area contributed by atoms with Gasteiger partial charge in [0.05, 0.1) is 17.9 Å². The number of aromatic nitrogens is 4. The van der Waals surface area contributed by atoms with Crippen LogP contribution in [0, 0.1) is 28.8 Å². The van der Waals surface area contributed by atoms with Crippen LogP contribution < -0.4 is 5.73 Å². The normalized spacial score (nSPS) is 9.73. The van der Waals surface area contributed by atoms with E-state index in [1.165, 1.54) is 18.5 Å². The minimum Gasteiger partial charge on any atom is -0.382 e. The summed E-state index contributed by atoms with van der Waals surface area (Å²) in [5.41, 5.74) is 5.93. The van der Waals surface area contributed by atoms with E-state index in [1.807, 2.05) is 0 Å². The molecular formula is C13H7F3N6. The van der Waals surface area contributed by atoms with E-state index in [0.29, 0.717) is 17.1 Å². The molecule has 22 heavy (non-hydrogen) atoms. The van der Waals surface area contributed by atoms with Gasteiger partial charge in [-0.05, 0) is 0 Å². The van der Waals surface area contributed by atoms with Gasteiger partial charge in [0.25, 0.3) is 0 Å². The zero-order valence-corrected chi connectivity index (χ0v) is 10.8. The number of halogens is 3. The fraction of sp³-hybridized carbons (Fsp3) is 0. The van der Waals surface area contributed by atoms with Crippen molar-refractivity contribution in [3.05, 3.63) is 54.0 Å². The Hall–Kier alpha value is -3.28. The maximum atomic E-state index is 12.6. The average Bonchev–Trinajstić information content (AvgIpc) is 2.48. The molecule has 0 aliphatic carbocycles. The maximum absolute atomic E-state index is 12.6. The largest absolute Gasteiger partial charge is 0.382 e. The molecule has 0 aliphatic heterocycles. The fourth-order valence-electron chi connectivity index (χ4n) is 1.44. The molecule has 3 aromatic heterocycles. The lowest BCUT2D eigenvalue weighted by Crippen LogP contribution is -1.95. The van der Waals surface area contributed by atoms with Crippen LogP contribution in [0.15, 0.2) is 30.9 Å². The van der Waals surface area contributed by atoms with E-state index in [1.54, 1.807) is 0 Å². The molecule has 0 atom stereocenters. The number of fused-ring (bicyclic) bond motifs is 1. The monoisotopic (exact) mass is 304 g/mol. The van der Waals surface area contributed by atoms with Gasteiger partial charge in [0, 0.05) is 12.1 Å². The Labute approximate surface area is 122 Å². The van der Waals surface area contributed by atoms with E-state index < -0.39 is 17.5 Å². The zero-order chi connectivity index (χ0) is 16.1. The van der Waals surface area contributed by atoms with E-state index in [2.05, 4.69) is 19.9 Å². The second-order valence-corrected chi connectivity index (χ2v) is 3.88. The van der Waals surface area contributed by atoms with E-state index >= 15 is 0 Å². The smallest absolute Gasteiger partial charge is 0.176 e. The van der Waals surface area contributed by atoms with Crippen molar-refractivity contribution in [2.45, 2.75) is 0 Å². The first-order chi connectivity index (χ1) is 10.5. The van der Waals surface area contributed by atoms with Crippen molar-refractivity contribution in [1.29, 1.82) is 5.26 Å². The lowest BCUT2D eigenvalue weighted by atomic mass is 10.3. The van der Waals surface area contributed by atoms with Crippen LogP contribution in [0.1, 0.15) is 5.69 Å². The molecule has 0 unspecified atom stereocenters. The fourth-order valence-corrected chi connectivity index (χ4v) is 1.44.